The zero-order valence-corrected chi connectivity index (χ0v) is 16.1. The van der Waals surface area contributed by atoms with Gasteiger partial charge in [0.25, 0.3) is 5.69 Å². The van der Waals surface area contributed by atoms with Crippen molar-refractivity contribution in [2.75, 3.05) is 18.4 Å². The number of nitro groups is 1. The van der Waals surface area contributed by atoms with Crippen molar-refractivity contribution < 1.29 is 10.0 Å². The van der Waals surface area contributed by atoms with Crippen LogP contribution >= 0.6 is 27.5 Å². The van der Waals surface area contributed by atoms with Crippen molar-refractivity contribution in [1.82, 2.24) is 0 Å². The van der Waals surface area contributed by atoms with E-state index in [1.54, 1.807) is 18.3 Å². The molecule has 0 radical (unpaired) electrons. The number of hydrogen-bond acceptors (Lipinski definition) is 5. The van der Waals surface area contributed by atoms with Crippen LogP contribution in [0.1, 0.15) is 16.7 Å². The molecule has 0 atom stereocenters. The van der Waals surface area contributed by atoms with Crippen LogP contribution < -0.4 is 5.32 Å². The molecule has 0 unspecified atom stereocenters. The minimum atomic E-state index is -0.437. The van der Waals surface area contributed by atoms with E-state index in [1.165, 1.54) is 12.1 Å². The van der Waals surface area contributed by atoms with Gasteiger partial charge in [-0.3, -0.25) is 15.1 Å². The van der Waals surface area contributed by atoms with Crippen LogP contribution in [-0.2, 0) is 0 Å². The zero-order valence-electron chi connectivity index (χ0n) is 13.7. The Labute approximate surface area is 158 Å². The van der Waals surface area contributed by atoms with Crippen molar-refractivity contribution >= 4 is 45.1 Å². The number of rotatable bonds is 6. The number of nitro benzene ring substituents is 1. The maximum Gasteiger partial charge on any atom is 0.269 e. The van der Waals surface area contributed by atoms with Crippen molar-refractivity contribution in [1.29, 1.82) is 0 Å². The average Bonchev–Trinajstić information content (AvgIpc) is 2.61. The number of nitrogens with one attached hydrogen (secondary N) is 1. The Morgan fingerprint density at radius 3 is 2.56 bits per heavy atom. The fourth-order valence-electron chi connectivity index (χ4n) is 2.25. The lowest BCUT2D eigenvalue weighted by Crippen LogP contribution is -2.05. The maximum atomic E-state index is 10.6. The third-order valence-corrected chi connectivity index (χ3v) is 5.26. The summed E-state index contributed by atoms with van der Waals surface area (Å²) in [6.45, 7) is 4.68. The van der Waals surface area contributed by atoms with Gasteiger partial charge < -0.3 is 10.4 Å². The van der Waals surface area contributed by atoms with E-state index in [0.29, 0.717) is 28.1 Å². The summed E-state index contributed by atoms with van der Waals surface area (Å²) in [5.41, 5.74) is 2.97. The number of halogens is 2. The van der Waals surface area contributed by atoms with Gasteiger partial charge in [0.15, 0.2) is 0 Å². The summed E-state index contributed by atoms with van der Waals surface area (Å²) in [6.07, 6.45) is 1.60. The highest BCUT2D eigenvalue weighted by atomic mass is 79.9. The monoisotopic (exact) mass is 425 g/mol. The molecule has 132 valence electrons. The molecule has 0 aliphatic heterocycles. The first kappa shape index (κ1) is 19.2. The van der Waals surface area contributed by atoms with Gasteiger partial charge in [-0.1, -0.05) is 11.6 Å². The van der Waals surface area contributed by atoms with Gasteiger partial charge in [0.1, 0.15) is 5.75 Å². The molecule has 0 heterocycles. The molecule has 0 amide bonds. The largest absolute Gasteiger partial charge is 0.506 e. The van der Waals surface area contributed by atoms with Crippen molar-refractivity contribution in [2.24, 2.45) is 4.99 Å². The number of anilines is 1. The third-order valence-electron chi connectivity index (χ3n) is 3.72. The van der Waals surface area contributed by atoms with Gasteiger partial charge in [0.05, 0.1) is 15.9 Å². The number of phenolic OH excluding ortho intramolecular Hbond substituents is 1. The van der Waals surface area contributed by atoms with Gasteiger partial charge in [-0.25, -0.2) is 0 Å². The van der Waals surface area contributed by atoms with Crippen molar-refractivity contribution in [3.63, 3.8) is 0 Å². The Morgan fingerprint density at radius 1 is 1.32 bits per heavy atom. The van der Waals surface area contributed by atoms with E-state index < -0.39 is 4.92 Å². The summed E-state index contributed by atoms with van der Waals surface area (Å²) in [7, 11) is 0. The highest BCUT2D eigenvalue weighted by Crippen LogP contribution is 2.38. The van der Waals surface area contributed by atoms with Gasteiger partial charge in [0.2, 0.25) is 0 Å². The van der Waals surface area contributed by atoms with Crippen LogP contribution in [0.25, 0.3) is 0 Å². The number of aliphatic imine (C=N–C) groups is 1. The molecule has 25 heavy (non-hydrogen) atoms. The molecule has 0 aliphatic carbocycles. The Bertz CT molecular complexity index is 794. The minimum absolute atomic E-state index is 0.0522. The lowest BCUT2D eigenvalue weighted by molar-refractivity contribution is -0.384. The molecule has 0 bridgehead atoms. The summed E-state index contributed by atoms with van der Waals surface area (Å²) in [5.74, 6) is 0.117. The third kappa shape index (κ3) is 4.49. The molecule has 2 aromatic rings. The van der Waals surface area contributed by atoms with Crippen molar-refractivity contribution in [2.45, 2.75) is 13.8 Å². The first-order chi connectivity index (χ1) is 11.8. The Kier molecular flexibility index (Phi) is 6.39. The summed E-state index contributed by atoms with van der Waals surface area (Å²) in [5, 5.41) is 24.5. The molecule has 2 rings (SSSR count). The second-order valence-electron chi connectivity index (χ2n) is 5.41. The number of non-ortho nitro benzene ring substituents is 1. The smallest absolute Gasteiger partial charge is 0.269 e. The van der Waals surface area contributed by atoms with Crippen LogP contribution in [0.5, 0.6) is 5.75 Å². The first-order valence-corrected chi connectivity index (χ1v) is 8.65. The van der Waals surface area contributed by atoms with Crippen LogP contribution in [0.3, 0.4) is 0 Å². The van der Waals surface area contributed by atoms with Crippen LogP contribution in [0.2, 0.25) is 5.02 Å². The molecular weight excluding hydrogens is 410 g/mol. The van der Waals surface area contributed by atoms with E-state index in [4.69, 9.17) is 11.6 Å². The lowest BCUT2D eigenvalue weighted by Gasteiger charge is -2.12. The van der Waals surface area contributed by atoms with E-state index in [1.807, 2.05) is 13.8 Å². The van der Waals surface area contributed by atoms with Gasteiger partial charge in [-0.05, 0) is 53.0 Å². The summed E-state index contributed by atoms with van der Waals surface area (Å²) in [4.78, 5) is 14.5. The lowest BCUT2D eigenvalue weighted by atomic mass is 10.0. The molecule has 0 fully saturated rings. The average molecular weight is 427 g/mol. The summed E-state index contributed by atoms with van der Waals surface area (Å²) in [6, 6.07) is 6.18. The zero-order chi connectivity index (χ0) is 18.6. The van der Waals surface area contributed by atoms with Gasteiger partial charge in [-0.15, -0.1) is 0 Å². The predicted octanol–water partition coefficient (Wildman–Crippen LogP) is 4.86. The quantitative estimate of drug-likeness (QED) is 0.299. The van der Waals surface area contributed by atoms with Gasteiger partial charge in [-0.2, -0.15) is 0 Å². The van der Waals surface area contributed by atoms with E-state index in [9.17, 15) is 15.2 Å². The van der Waals surface area contributed by atoms with E-state index in [2.05, 4.69) is 26.2 Å². The molecule has 0 saturated carbocycles. The topological polar surface area (TPSA) is 87.8 Å². The summed E-state index contributed by atoms with van der Waals surface area (Å²) >= 11 is 9.58. The second kappa shape index (κ2) is 8.31. The van der Waals surface area contributed by atoms with Crippen LogP contribution in [-0.4, -0.2) is 29.3 Å². The molecule has 2 aromatic carbocycles. The number of benzene rings is 2. The molecule has 6 nitrogen and oxygen atoms in total. The Hall–Kier alpha value is -2.12. The number of nitrogens with zero attached hydrogens (tertiary/aromatic N) is 2. The van der Waals surface area contributed by atoms with E-state index in [0.717, 1.165) is 16.8 Å². The molecular formula is C17H17BrClN3O3. The maximum absolute atomic E-state index is 10.6. The van der Waals surface area contributed by atoms with Crippen molar-refractivity contribution in [3.05, 3.63) is 60.6 Å². The fraction of sp³-hybridized carbons (Fsp3) is 0.235. The second-order valence-corrected chi connectivity index (χ2v) is 6.58. The highest BCUT2D eigenvalue weighted by molar-refractivity contribution is 9.10. The SMILES string of the molecule is Cc1c(Cl)c(C)c(C=NCCNc2ccc([N+](=O)[O-])cc2)c(O)c1Br. The van der Waals surface area contributed by atoms with Gasteiger partial charge >= 0.3 is 0 Å². The normalized spacial score (nSPS) is 11.0. The Morgan fingerprint density at radius 2 is 1.96 bits per heavy atom. The van der Waals surface area contributed by atoms with Crippen LogP contribution in [0.15, 0.2) is 33.7 Å². The van der Waals surface area contributed by atoms with Gasteiger partial charge in [0, 0.05) is 41.2 Å². The highest BCUT2D eigenvalue weighted by Gasteiger charge is 2.15. The number of phenols is 1. The van der Waals surface area contributed by atoms with Crippen LogP contribution in [0.4, 0.5) is 11.4 Å². The van der Waals surface area contributed by atoms with Crippen molar-refractivity contribution in [3.8, 4) is 5.75 Å². The predicted molar refractivity (Wildman–Crippen MR) is 104 cm³/mol. The molecule has 8 heteroatoms. The number of aromatic hydroxyl groups is 1. The fourth-order valence-corrected chi connectivity index (χ4v) is 2.97. The van der Waals surface area contributed by atoms with E-state index >= 15 is 0 Å². The standard InChI is InChI=1S/C17H17BrClN3O3/c1-10-14(17(23)15(18)11(2)16(10)19)9-20-7-8-21-12-3-5-13(6-4-12)22(24)25/h3-6,9,21,23H,7-8H2,1-2H3. The molecule has 0 aromatic heterocycles. The first-order valence-electron chi connectivity index (χ1n) is 7.48. The molecule has 0 saturated heterocycles. The van der Waals surface area contributed by atoms with Crippen LogP contribution in [0, 0.1) is 24.0 Å². The molecule has 2 N–H and O–H groups in total. The molecule has 0 spiro atoms. The Balaban J connectivity index is 1.97. The minimum Gasteiger partial charge on any atom is -0.506 e. The number of hydrogen-bond donors (Lipinski definition) is 2. The van der Waals surface area contributed by atoms with E-state index in [-0.39, 0.29) is 11.4 Å². The molecule has 0 aliphatic rings. The summed E-state index contributed by atoms with van der Waals surface area (Å²) < 4.78 is 0.563.